The maximum Gasteiger partial charge on any atom is 0.237 e. The van der Waals surface area contributed by atoms with Crippen LogP contribution in [-0.2, 0) is 15.8 Å². The number of benzene rings is 2. The van der Waals surface area contributed by atoms with Gasteiger partial charge in [0.25, 0.3) is 0 Å². The van der Waals surface area contributed by atoms with E-state index in [2.05, 4.69) is 0 Å². The van der Waals surface area contributed by atoms with Crippen molar-refractivity contribution in [3.63, 3.8) is 0 Å². The Morgan fingerprint density at radius 1 is 1.00 bits per heavy atom. The van der Waals surface area contributed by atoms with E-state index >= 15 is 0 Å². The summed E-state index contributed by atoms with van der Waals surface area (Å²) in [5.41, 5.74) is -0.369. The lowest BCUT2D eigenvalue weighted by atomic mass is 10.2. The summed E-state index contributed by atoms with van der Waals surface area (Å²) in [6.07, 6.45) is 0. The summed E-state index contributed by atoms with van der Waals surface area (Å²) in [6.45, 7) is 0. The Morgan fingerprint density at radius 2 is 1.62 bits per heavy atom. The Balaban J connectivity index is 2.25. The lowest BCUT2D eigenvalue weighted by Gasteiger charge is -2.10. The molecule has 0 atom stereocenters. The number of hydrogen-bond donors (Lipinski definition) is 1. The molecule has 0 spiro atoms. The van der Waals surface area contributed by atoms with Gasteiger partial charge in [-0.25, -0.2) is 17.2 Å². The topological polar surface area (TPSA) is 46.2 Å². The third-order valence-corrected chi connectivity index (χ3v) is 4.53. The molecule has 0 saturated heterocycles. The zero-order chi connectivity index (χ0) is 15.6. The van der Waals surface area contributed by atoms with Crippen LogP contribution in [0.4, 0.5) is 14.5 Å². The molecule has 0 radical (unpaired) electrons. The average molecular weight is 352 g/mol. The van der Waals surface area contributed by atoms with Gasteiger partial charge in [0.05, 0.1) is 15.8 Å². The number of rotatable bonds is 4. The highest BCUT2D eigenvalue weighted by molar-refractivity contribution is 7.91. The lowest BCUT2D eigenvalue weighted by molar-refractivity contribution is 0.582. The summed E-state index contributed by atoms with van der Waals surface area (Å²) < 4.78 is 52.6. The molecule has 2 aromatic carbocycles. The number of anilines is 1. The Labute approximate surface area is 130 Å². The monoisotopic (exact) mass is 351 g/mol. The normalized spacial score (nSPS) is 11.4. The molecule has 0 saturated carbocycles. The van der Waals surface area contributed by atoms with Gasteiger partial charge in [0.1, 0.15) is 17.3 Å². The van der Waals surface area contributed by atoms with Crippen molar-refractivity contribution in [3.05, 3.63) is 63.6 Å². The molecule has 0 aliphatic rings. The summed E-state index contributed by atoms with van der Waals surface area (Å²) in [4.78, 5) is 0. The van der Waals surface area contributed by atoms with Gasteiger partial charge in [0.15, 0.2) is 0 Å². The molecule has 112 valence electrons. The minimum Gasteiger partial charge on any atom is -0.278 e. The van der Waals surface area contributed by atoms with Crippen LogP contribution in [0.15, 0.2) is 36.4 Å². The number of para-hydroxylation sites is 1. The Morgan fingerprint density at radius 3 is 2.19 bits per heavy atom. The van der Waals surface area contributed by atoms with Crippen molar-refractivity contribution < 1.29 is 17.2 Å². The lowest BCUT2D eigenvalue weighted by Crippen LogP contribution is -2.17. The smallest absolute Gasteiger partial charge is 0.237 e. The minimum atomic E-state index is -3.99. The first-order chi connectivity index (χ1) is 9.78. The fourth-order valence-corrected chi connectivity index (χ4v) is 3.15. The van der Waals surface area contributed by atoms with Crippen molar-refractivity contribution >= 4 is 38.9 Å². The molecule has 3 nitrogen and oxygen atoms in total. The van der Waals surface area contributed by atoms with Crippen LogP contribution in [0.3, 0.4) is 0 Å². The summed E-state index contributed by atoms with van der Waals surface area (Å²) in [6, 6.07) is 7.34. The van der Waals surface area contributed by atoms with Crippen LogP contribution in [0.5, 0.6) is 0 Å². The SMILES string of the molecule is O=S(=O)(Cc1ccc(Cl)c(Cl)c1)Nc1c(F)cccc1F. The van der Waals surface area contributed by atoms with E-state index in [1.807, 2.05) is 4.72 Å². The summed E-state index contributed by atoms with van der Waals surface area (Å²) in [7, 11) is -3.99. The molecule has 1 N–H and O–H groups in total. The zero-order valence-corrected chi connectivity index (χ0v) is 12.7. The Kier molecular flexibility index (Phi) is 4.70. The summed E-state index contributed by atoms with van der Waals surface area (Å²) >= 11 is 11.5. The van der Waals surface area contributed by atoms with Gasteiger partial charge in [-0.05, 0) is 29.8 Å². The summed E-state index contributed by atoms with van der Waals surface area (Å²) in [5, 5.41) is 0.479. The number of nitrogens with one attached hydrogen (secondary N) is 1. The first-order valence-corrected chi connectivity index (χ1v) is 8.08. The van der Waals surface area contributed by atoms with Crippen molar-refractivity contribution in [1.29, 1.82) is 0 Å². The Hall–Kier alpha value is -1.37. The third kappa shape index (κ3) is 4.06. The molecule has 0 bridgehead atoms. The molecule has 2 aromatic rings. The molecule has 21 heavy (non-hydrogen) atoms. The average Bonchev–Trinajstić information content (AvgIpc) is 2.38. The van der Waals surface area contributed by atoms with Crippen LogP contribution in [0, 0.1) is 11.6 Å². The van der Waals surface area contributed by atoms with Crippen molar-refractivity contribution in [2.24, 2.45) is 0 Å². The standard InChI is InChI=1S/C13H9Cl2F2NO2S/c14-9-5-4-8(6-10(9)15)7-21(19,20)18-13-11(16)2-1-3-12(13)17/h1-6,18H,7H2. The van der Waals surface area contributed by atoms with E-state index < -0.39 is 33.1 Å². The first kappa shape index (κ1) is 16.0. The Bertz CT molecular complexity index is 761. The van der Waals surface area contributed by atoms with Crippen molar-refractivity contribution in [1.82, 2.24) is 0 Å². The molecular weight excluding hydrogens is 343 g/mol. The first-order valence-electron chi connectivity index (χ1n) is 5.67. The van der Waals surface area contributed by atoms with Crippen LogP contribution >= 0.6 is 23.2 Å². The fraction of sp³-hybridized carbons (Fsp3) is 0.0769. The second-order valence-electron chi connectivity index (χ2n) is 4.21. The van der Waals surface area contributed by atoms with Crippen LogP contribution in [0.25, 0.3) is 0 Å². The van der Waals surface area contributed by atoms with Gasteiger partial charge in [-0.15, -0.1) is 0 Å². The van der Waals surface area contributed by atoms with E-state index in [0.29, 0.717) is 5.56 Å². The van der Waals surface area contributed by atoms with Crippen LogP contribution in [-0.4, -0.2) is 8.42 Å². The molecule has 0 aromatic heterocycles. The van der Waals surface area contributed by atoms with Gasteiger partial charge in [0.2, 0.25) is 10.0 Å². The quantitative estimate of drug-likeness (QED) is 0.896. The van der Waals surface area contributed by atoms with Gasteiger partial charge in [-0.1, -0.05) is 35.3 Å². The minimum absolute atomic E-state index is 0.196. The van der Waals surface area contributed by atoms with Crippen molar-refractivity contribution in [3.8, 4) is 0 Å². The maximum atomic E-state index is 13.4. The molecule has 0 unspecified atom stereocenters. The van der Waals surface area contributed by atoms with E-state index in [9.17, 15) is 17.2 Å². The van der Waals surface area contributed by atoms with Crippen LogP contribution < -0.4 is 4.72 Å². The predicted octanol–water partition coefficient (Wildman–Crippen LogP) is 4.21. The maximum absolute atomic E-state index is 13.4. The molecular formula is C13H9Cl2F2NO2S. The van der Waals surface area contributed by atoms with Crippen molar-refractivity contribution in [2.75, 3.05) is 4.72 Å². The molecule has 0 fully saturated rings. The molecule has 2 rings (SSSR count). The summed E-state index contributed by atoms with van der Waals surface area (Å²) in [5.74, 6) is -2.47. The van der Waals surface area contributed by atoms with E-state index in [1.54, 1.807) is 0 Å². The van der Waals surface area contributed by atoms with Gasteiger partial charge >= 0.3 is 0 Å². The zero-order valence-electron chi connectivity index (χ0n) is 10.4. The van der Waals surface area contributed by atoms with Gasteiger partial charge < -0.3 is 0 Å². The second-order valence-corrected chi connectivity index (χ2v) is 6.74. The molecule has 8 heteroatoms. The second kappa shape index (κ2) is 6.17. The van der Waals surface area contributed by atoms with E-state index in [-0.39, 0.29) is 10.0 Å². The highest BCUT2D eigenvalue weighted by Crippen LogP contribution is 2.25. The number of hydrogen-bond acceptors (Lipinski definition) is 2. The molecule has 0 heterocycles. The number of halogens is 4. The van der Waals surface area contributed by atoms with E-state index in [1.165, 1.54) is 18.2 Å². The third-order valence-electron chi connectivity index (χ3n) is 2.56. The van der Waals surface area contributed by atoms with Gasteiger partial charge in [-0.2, -0.15) is 0 Å². The van der Waals surface area contributed by atoms with Crippen LogP contribution in [0.1, 0.15) is 5.56 Å². The van der Waals surface area contributed by atoms with Gasteiger partial charge in [-0.3, -0.25) is 4.72 Å². The highest BCUT2D eigenvalue weighted by atomic mass is 35.5. The largest absolute Gasteiger partial charge is 0.278 e. The van der Waals surface area contributed by atoms with Gasteiger partial charge in [0, 0.05) is 0 Å². The highest BCUT2D eigenvalue weighted by Gasteiger charge is 2.17. The van der Waals surface area contributed by atoms with Crippen LogP contribution in [0.2, 0.25) is 10.0 Å². The molecule has 0 aliphatic heterocycles. The molecule has 0 aliphatic carbocycles. The fourth-order valence-electron chi connectivity index (χ4n) is 1.64. The van der Waals surface area contributed by atoms with E-state index in [0.717, 1.165) is 18.2 Å². The predicted molar refractivity (Wildman–Crippen MR) is 79.1 cm³/mol. The van der Waals surface area contributed by atoms with Crippen molar-refractivity contribution in [2.45, 2.75) is 5.75 Å². The number of sulfonamides is 1. The molecule has 0 amide bonds. The van der Waals surface area contributed by atoms with E-state index in [4.69, 9.17) is 23.2 Å².